The van der Waals surface area contributed by atoms with Crippen LogP contribution in [0.1, 0.15) is 27.2 Å². The zero-order chi connectivity index (χ0) is 13.3. The van der Waals surface area contributed by atoms with Crippen molar-refractivity contribution in [1.29, 1.82) is 0 Å². The number of alkyl halides is 3. The van der Waals surface area contributed by atoms with Gasteiger partial charge in [0, 0.05) is 6.54 Å². The number of carbonyl (C=O) groups is 1. The van der Waals surface area contributed by atoms with Crippen molar-refractivity contribution in [2.75, 3.05) is 13.1 Å². The molecule has 1 heterocycles. The maximum Gasteiger partial charge on any atom is 0.392 e. The molecule has 1 N–H and O–H groups in total. The summed E-state index contributed by atoms with van der Waals surface area (Å²) in [6.07, 6.45) is -4.42. The molecular formula is C11H18F3NO2. The van der Waals surface area contributed by atoms with E-state index in [9.17, 15) is 18.0 Å². The Balaban J connectivity index is 2.75. The lowest BCUT2D eigenvalue weighted by atomic mass is 9.86. The van der Waals surface area contributed by atoms with E-state index in [2.05, 4.69) is 5.32 Å². The fraction of sp³-hybridized carbons (Fsp3) is 0.909. The summed E-state index contributed by atoms with van der Waals surface area (Å²) in [4.78, 5) is 11.7. The summed E-state index contributed by atoms with van der Waals surface area (Å²) >= 11 is 0. The van der Waals surface area contributed by atoms with Crippen LogP contribution in [0.5, 0.6) is 0 Å². The standard InChI is InChI=1S/C11H18F3NO2/c1-10(2,3)17-9(16)7-6-15-5-4-8(7)11(12,13)14/h7-8,15H,4-6H2,1-3H3. The Hall–Kier alpha value is -0.780. The van der Waals surface area contributed by atoms with Gasteiger partial charge in [0.15, 0.2) is 0 Å². The second-order valence-corrected chi connectivity index (χ2v) is 5.28. The lowest BCUT2D eigenvalue weighted by Gasteiger charge is -2.33. The van der Waals surface area contributed by atoms with E-state index in [1.165, 1.54) is 0 Å². The Bertz CT molecular complexity index is 283. The van der Waals surface area contributed by atoms with E-state index in [-0.39, 0.29) is 19.5 Å². The van der Waals surface area contributed by atoms with Crippen molar-refractivity contribution in [2.24, 2.45) is 11.8 Å². The normalized spacial score (nSPS) is 26.7. The summed E-state index contributed by atoms with van der Waals surface area (Å²) in [6.45, 7) is 5.24. The van der Waals surface area contributed by atoms with Crippen molar-refractivity contribution in [3.8, 4) is 0 Å². The van der Waals surface area contributed by atoms with Crippen molar-refractivity contribution >= 4 is 5.97 Å². The molecule has 1 aliphatic heterocycles. The summed E-state index contributed by atoms with van der Waals surface area (Å²) < 4.78 is 43.3. The summed E-state index contributed by atoms with van der Waals surface area (Å²) in [6, 6.07) is 0. The van der Waals surface area contributed by atoms with Crippen molar-refractivity contribution < 1.29 is 22.7 Å². The summed E-state index contributed by atoms with van der Waals surface area (Å²) in [7, 11) is 0. The predicted molar refractivity (Wildman–Crippen MR) is 56.4 cm³/mol. The number of piperidine rings is 1. The third-order valence-electron chi connectivity index (χ3n) is 2.61. The number of hydrogen-bond donors (Lipinski definition) is 1. The summed E-state index contributed by atoms with van der Waals surface area (Å²) in [5.41, 5.74) is -0.759. The van der Waals surface area contributed by atoms with Crippen molar-refractivity contribution in [3.63, 3.8) is 0 Å². The Morgan fingerprint density at radius 3 is 2.35 bits per heavy atom. The van der Waals surface area contributed by atoms with E-state index in [1.54, 1.807) is 20.8 Å². The molecule has 1 saturated heterocycles. The van der Waals surface area contributed by atoms with Crippen molar-refractivity contribution in [2.45, 2.75) is 39.0 Å². The van der Waals surface area contributed by atoms with Crippen LogP contribution in [0.25, 0.3) is 0 Å². The highest BCUT2D eigenvalue weighted by atomic mass is 19.4. The molecule has 0 saturated carbocycles. The molecule has 17 heavy (non-hydrogen) atoms. The number of rotatable bonds is 1. The smallest absolute Gasteiger partial charge is 0.392 e. The lowest BCUT2D eigenvalue weighted by molar-refractivity contribution is -0.206. The molecule has 0 aromatic heterocycles. The average Bonchev–Trinajstić information content (AvgIpc) is 2.13. The van der Waals surface area contributed by atoms with Gasteiger partial charge in [-0.1, -0.05) is 0 Å². The van der Waals surface area contributed by atoms with Crippen molar-refractivity contribution in [1.82, 2.24) is 5.32 Å². The van der Waals surface area contributed by atoms with Crippen molar-refractivity contribution in [3.05, 3.63) is 0 Å². The second kappa shape index (κ2) is 4.84. The minimum atomic E-state index is -4.34. The number of ether oxygens (including phenoxy) is 1. The molecule has 2 atom stereocenters. The van der Waals surface area contributed by atoms with E-state index in [0.29, 0.717) is 0 Å². The number of carbonyl (C=O) groups excluding carboxylic acids is 1. The highest BCUT2D eigenvalue weighted by Crippen LogP contribution is 2.37. The van der Waals surface area contributed by atoms with Gasteiger partial charge in [0.05, 0.1) is 11.8 Å². The van der Waals surface area contributed by atoms with Gasteiger partial charge in [0.1, 0.15) is 5.60 Å². The predicted octanol–water partition coefficient (Wildman–Crippen LogP) is 2.12. The first-order valence-corrected chi connectivity index (χ1v) is 5.61. The monoisotopic (exact) mass is 253 g/mol. The molecule has 1 aliphatic rings. The van der Waals surface area contributed by atoms with Crippen LogP contribution in [0.2, 0.25) is 0 Å². The van der Waals surface area contributed by atoms with Gasteiger partial charge >= 0.3 is 12.1 Å². The molecule has 0 aromatic rings. The Morgan fingerprint density at radius 2 is 1.88 bits per heavy atom. The zero-order valence-corrected chi connectivity index (χ0v) is 10.2. The molecule has 3 nitrogen and oxygen atoms in total. The quantitative estimate of drug-likeness (QED) is 0.727. The van der Waals surface area contributed by atoms with Gasteiger partial charge in [-0.3, -0.25) is 4.79 Å². The van der Waals surface area contributed by atoms with Gasteiger partial charge < -0.3 is 10.1 Å². The van der Waals surface area contributed by atoms with Crippen LogP contribution >= 0.6 is 0 Å². The first-order chi connectivity index (χ1) is 7.61. The fourth-order valence-corrected chi connectivity index (χ4v) is 1.88. The molecule has 0 radical (unpaired) electrons. The van der Waals surface area contributed by atoms with Gasteiger partial charge in [-0.25, -0.2) is 0 Å². The minimum absolute atomic E-state index is 0.0269. The third kappa shape index (κ3) is 4.18. The van der Waals surface area contributed by atoms with Crippen LogP contribution in [-0.2, 0) is 9.53 Å². The molecule has 0 bridgehead atoms. The van der Waals surface area contributed by atoms with Gasteiger partial charge in [-0.05, 0) is 33.7 Å². The fourth-order valence-electron chi connectivity index (χ4n) is 1.88. The Kier molecular flexibility index (Phi) is 4.06. The van der Waals surface area contributed by atoms with Crippen LogP contribution in [0, 0.1) is 11.8 Å². The highest BCUT2D eigenvalue weighted by Gasteiger charge is 2.49. The second-order valence-electron chi connectivity index (χ2n) is 5.28. The first-order valence-electron chi connectivity index (χ1n) is 5.61. The van der Waals surface area contributed by atoms with Gasteiger partial charge in [-0.2, -0.15) is 13.2 Å². The maximum absolute atomic E-state index is 12.7. The summed E-state index contributed by atoms with van der Waals surface area (Å²) in [5, 5.41) is 2.80. The first kappa shape index (κ1) is 14.3. The zero-order valence-electron chi connectivity index (χ0n) is 10.2. The molecule has 100 valence electrons. The van der Waals surface area contributed by atoms with Crippen LogP contribution in [0.4, 0.5) is 13.2 Å². The molecule has 0 aromatic carbocycles. The maximum atomic E-state index is 12.7. The summed E-state index contributed by atoms with van der Waals surface area (Å²) in [5.74, 6) is -3.51. The molecule has 1 fully saturated rings. The van der Waals surface area contributed by atoms with E-state index >= 15 is 0 Å². The molecular weight excluding hydrogens is 235 g/mol. The van der Waals surface area contributed by atoms with Crippen LogP contribution in [0.3, 0.4) is 0 Å². The lowest BCUT2D eigenvalue weighted by Crippen LogP contribution is -2.48. The highest BCUT2D eigenvalue weighted by molar-refractivity contribution is 5.73. The molecule has 1 rings (SSSR count). The molecule has 6 heteroatoms. The van der Waals surface area contributed by atoms with Gasteiger partial charge in [0.25, 0.3) is 0 Å². The van der Waals surface area contributed by atoms with Crippen LogP contribution in [0.15, 0.2) is 0 Å². The third-order valence-corrected chi connectivity index (χ3v) is 2.61. The minimum Gasteiger partial charge on any atom is -0.460 e. The number of hydrogen-bond acceptors (Lipinski definition) is 3. The Labute approximate surface area is 98.7 Å². The molecule has 0 spiro atoms. The Morgan fingerprint density at radius 1 is 1.29 bits per heavy atom. The largest absolute Gasteiger partial charge is 0.460 e. The molecule has 0 aliphatic carbocycles. The number of esters is 1. The topological polar surface area (TPSA) is 38.3 Å². The van der Waals surface area contributed by atoms with E-state index < -0.39 is 29.6 Å². The van der Waals surface area contributed by atoms with Crippen LogP contribution in [-0.4, -0.2) is 30.8 Å². The van der Waals surface area contributed by atoms with Crippen LogP contribution < -0.4 is 5.32 Å². The SMILES string of the molecule is CC(C)(C)OC(=O)C1CNCCC1C(F)(F)F. The van der Waals surface area contributed by atoms with Gasteiger partial charge in [0.2, 0.25) is 0 Å². The average molecular weight is 253 g/mol. The van der Waals surface area contributed by atoms with Gasteiger partial charge in [-0.15, -0.1) is 0 Å². The number of halogens is 3. The van der Waals surface area contributed by atoms with E-state index in [0.717, 1.165) is 0 Å². The molecule has 2 unspecified atom stereocenters. The van der Waals surface area contributed by atoms with E-state index in [1.807, 2.05) is 0 Å². The molecule has 0 amide bonds. The van der Waals surface area contributed by atoms with E-state index in [4.69, 9.17) is 4.74 Å². The number of nitrogens with one attached hydrogen (secondary N) is 1.